The number of methoxy groups -OCH3 is 1. The van der Waals surface area contributed by atoms with Gasteiger partial charge in [-0.05, 0) is 106 Å². The van der Waals surface area contributed by atoms with Gasteiger partial charge < -0.3 is 9.84 Å². The molecule has 0 heterocycles. The summed E-state index contributed by atoms with van der Waals surface area (Å²) in [7, 11) is 1.86. The molecule has 0 aliphatic heterocycles. The molecule has 4 saturated carbocycles. The van der Waals surface area contributed by atoms with E-state index < -0.39 is 5.60 Å². The van der Waals surface area contributed by atoms with Gasteiger partial charge in [-0.3, -0.25) is 4.79 Å². The highest BCUT2D eigenvalue weighted by Crippen LogP contribution is 2.68. The molecule has 1 N–H and O–H groups in total. The molecule has 0 bridgehead atoms. The Morgan fingerprint density at radius 2 is 1.81 bits per heavy atom. The van der Waals surface area contributed by atoms with Gasteiger partial charge in [0.15, 0.2) is 0 Å². The Bertz CT molecular complexity index is 570. The molecular formula is C23H38O3. The fourth-order valence-electron chi connectivity index (χ4n) is 8.45. The maximum absolute atomic E-state index is 12.3. The Kier molecular flexibility index (Phi) is 4.59. The zero-order valence-electron chi connectivity index (χ0n) is 17.2. The van der Waals surface area contributed by atoms with Crippen molar-refractivity contribution in [1.29, 1.82) is 0 Å². The minimum atomic E-state index is -0.495. The average molecular weight is 363 g/mol. The molecule has 0 unspecified atom stereocenters. The molecule has 4 aliphatic carbocycles. The van der Waals surface area contributed by atoms with Crippen molar-refractivity contribution < 1.29 is 14.6 Å². The highest BCUT2D eigenvalue weighted by atomic mass is 16.5. The lowest BCUT2D eigenvalue weighted by Gasteiger charge is -2.62. The van der Waals surface area contributed by atoms with Crippen LogP contribution in [0.3, 0.4) is 0 Å². The van der Waals surface area contributed by atoms with E-state index in [2.05, 4.69) is 6.92 Å². The summed E-state index contributed by atoms with van der Waals surface area (Å²) in [6, 6.07) is 0. The summed E-state index contributed by atoms with van der Waals surface area (Å²) in [6.07, 6.45) is 10.3. The lowest BCUT2D eigenvalue weighted by Crippen LogP contribution is -2.58. The molecule has 4 fully saturated rings. The maximum Gasteiger partial charge on any atom is 0.133 e. The van der Waals surface area contributed by atoms with Gasteiger partial charge >= 0.3 is 0 Å². The Morgan fingerprint density at radius 3 is 2.50 bits per heavy atom. The molecule has 3 heteroatoms. The van der Waals surface area contributed by atoms with E-state index in [0.717, 1.165) is 44.1 Å². The highest BCUT2D eigenvalue weighted by molar-refractivity contribution is 5.79. The number of aliphatic hydroxyl groups is 1. The van der Waals surface area contributed by atoms with E-state index in [1.165, 1.54) is 32.1 Å². The molecule has 148 valence electrons. The van der Waals surface area contributed by atoms with E-state index in [1.807, 2.05) is 21.0 Å². The fraction of sp³-hybridized carbons (Fsp3) is 0.957. The normalized spacial score (nSPS) is 53.5. The number of hydrogen-bond donors (Lipinski definition) is 1. The summed E-state index contributed by atoms with van der Waals surface area (Å²) < 4.78 is 5.82. The third kappa shape index (κ3) is 2.64. The first-order valence-corrected chi connectivity index (χ1v) is 11.0. The van der Waals surface area contributed by atoms with Crippen LogP contribution in [0.25, 0.3) is 0 Å². The minimum absolute atomic E-state index is 0.230. The van der Waals surface area contributed by atoms with Crippen LogP contribution < -0.4 is 0 Å². The van der Waals surface area contributed by atoms with Gasteiger partial charge in [-0.1, -0.05) is 6.92 Å². The molecule has 26 heavy (non-hydrogen) atoms. The van der Waals surface area contributed by atoms with Gasteiger partial charge in [-0.2, -0.15) is 0 Å². The van der Waals surface area contributed by atoms with Crippen molar-refractivity contribution in [3.8, 4) is 0 Å². The molecule has 0 spiro atoms. The molecule has 3 nitrogen and oxygen atoms in total. The van der Waals surface area contributed by atoms with Gasteiger partial charge in [-0.15, -0.1) is 0 Å². The van der Waals surface area contributed by atoms with Crippen LogP contribution in [0.5, 0.6) is 0 Å². The van der Waals surface area contributed by atoms with Crippen molar-refractivity contribution in [2.75, 3.05) is 13.7 Å². The molecule has 0 amide bonds. The van der Waals surface area contributed by atoms with E-state index >= 15 is 0 Å². The summed E-state index contributed by atoms with van der Waals surface area (Å²) in [5, 5.41) is 10.7. The summed E-state index contributed by atoms with van der Waals surface area (Å²) in [5.41, 5.74) is -0.00514. The van der Waals surface area contributed by atoms with Gasteiger partial charge in [0.1, 0.15) is 5.78 Å². The number of carbonyl (C=O) groups is 1. The van der Waals surface area contributed by atoms with Crippen LogP contribution in [0.1, 0.15) is 78.6 Å². The van der Waals surface area contributed by atoms with E-state index in [9.17, 15) is 9.90 Å². The first kappa shape index (κ1) is 18.9. The van der Waals surface area contributed by atoms with Crippen LogP contribution in [0.15, 0.2) is 0 Å². The Hall–Kier alpha value is -0.410. The van der Waals surface area contributed by atoms with Gasteiger partial charge in [0.25, 0.3) is 0 Å². The highest BCUT2D eigenvalue weighted by Gasteiger charge is 2.62. The summed E-state index contributed by atoms with van der Waals surface area (Å²) in [4.78, 5) is 12.3. The van der Waals surface area contributed by atoms with Crippen molar-refractivity contribution in [3.63, 3.8) is 0 Å². The first-order chi connectivity index (χ1) is 12.2. The lowest BCUT2D eigenvalue weighted by molar-refractivity contribution is -0.175. The van der Waals surface area contributed by atoms with E-state index in [-0.39, 0.29) is 16.7 Å². The summed E-state index contributed by atoms with van der Waals surface area (Å²) in [5.74, 6) is 3.50. The second-order valence-electron chi connectivity index (χ2n) is 10.8. The van der Waals surface area contributed by atoms with Gasteiger partial charge in [-0.25, -0.2) is 0 Å². The number of ether oxygens (including phenoxy) is 1. The van der Waals surface area contributed by atoms with E-state index in [4.69, 9.17) is 4.74 Å². The Morgan fingerprint density at radius 1 is 1.04 bits per heavy atom. The number of fused-ring (bicyclic) bond motifs is 5. The number of hydrogen-bond acceptors (Lipinski definition) is 3. The van der Waals surface area contributed by atoms with Crippen molar-refractivity contribution >= 4 is 5.78 Å². The Labute approximate surface area is 159 Å². The van der Waals surface area contributed by atoms with Crippen molar-refractivity contribution in [3.05, 3.63) is 0 Å². The summed E-state index contributed by atoms with van der Waals surface area (Å²) >= 11 is 0. The largest absolute Gasteiger partial charge is 0.390 e. The number of ketones is 1. The zero-order valence-corrected chi connectivity index (χ0v) is 17.2. The standard InChI is InChI=1S/C23H38O3/c1-15(24)18-7-8-19-17-6-5-16-13-21(2,25)11-12-23(16,14-26-4)20(17)9-10-22(18,19)3/h16-20,25H,5-14H2,1-4H3/t16-,17+,18-,19+,20+,21-,22-,23-/m1/s1. The van der Waals surface area contributed by atoms with Crippen LogP contribution in [0.2, 0.25) is 0 Å². The second kappa shape index (κ2) is 6.30. The number of rotatable bonds is 3. The maximum atomic E-state index is 12.3. The molecule has 0 radical (unpaired) electrons. The fourth-order valence-corrected chi connectivity index (χ4v) is 8.45. The minimum Gasteiger partial charge on any atom is -0.390 e. The average Bonchev–Trinajstić information content (AvgIpc) is 2.92. The van der Waals surface area contributed by atoms with Crippen LogP contribution >= 0.6 is 0 Å². The molecular weight excluding hydrogens is 324 g/mol. The smallest absolute Gasteiger partial charge is 0.133 e. The van der Waals surface area contributed by atoms with Crippen molar-refractivity contribution in [2.24, 2.45) is 40.4 Å². The topological polar surface area (TPSA) is 46.5 Å². The van der Waals surface area contributed by atoms with Gasteiger partial charge in [0, 0.05) is 13.0 Å². The number of carbonyl (C=O) groups excluding carboxylic acids is 1. The first-order valence-electron chi connectivity index (χ1n) is 11.0. The molecule has 4 rings (SSSR count). The number of Topliss-reactive ketones (excluding diaryl/α,β-unsaturated/α-hetero) is 1. The second-order valence-corrected chi connectivity index (χ2v) is 10.8. The van der Waals surface area contributed by atoms with E-state index in [1.54, 1.807) is 0 Å². The lowest BCUT2D eigenvalue weighted by atomic mass is 9.43. The van der Waals surface area contributed by atoms with Crippen LogP contribution in [0, 0.1) is 40.4 Å². The SMILES string of the molecule is COC[C@]12CC[C@@](C)(O)C[C@H]1CC[C@H]1[C@@H]3CC[C@H](C(C)=O)[C@@]3(C)CC[C@@H]12. The van der Waals surface area contributed by atoms with Gasteiger partial charge in [0.05, 0.1) is 12.2 Å². The molecule has 8 atom stereocenters. The predicted octanol–water partition coefficient (Wildman–Crippen LogP) is 4.61. The van der Waals surface area contributed by atoms with Crippen LogP contribution in [0.4, 0.5) is 0 Å². The monoisotopic (exact) mass is 362 g/mol. The molecule has 0 aromatic carbocycles. The third-order valence-electron chi connectivity index (χ3n) is 9.56. The van der Waals surface area contributed by atoms with Gasteiger partial charge in [0.2, 0.25) is 0 Å². The Balaban J connectivity index is 1.65. The van der Waals surface area contributed by atoms with Crippen molar-refractivity contribution in [1.82, 2.24) is 0 Å². The quantitative estimate of drug-likeness (QED) is 0.797. The van der Waals surface area contributed by atoms with Crippen LogP contribution in [-0.4, -0.2) is 30.2 Å². The summed E-state index contributed by atoms with van der Waals surface area (Å²) in [6.45, 7) is 7.13. The molecule has 0 saturated heterocycles. The molecule has 0 aromatic heterocycles. The third-order valence-corrected chi connectivity index (χ3v) is 9.56. The van der Waals surface area contributed by atoms with Crippen LogP contribution in [-0.2, 0) is 9.53 Å². The predicted molar refractivity (Wildman–Crippen MR) is 103 cm³/mol. The zero-order chi connectivity index (χ0) is 18.7. The molecule has 4 aliphatic rings. The molecule has 0 aromatic rings. The van der Waals surface area contributed by atoms with Crippen molar-refractivity contribution in [2.45, 2.75) is 84.2 Å². The van der Waals surface area contributed by atoms with E-state index in [0.29, 0.717) is 17.6 Å².